The Balaban J connectivity index is 0. The molecule has 5 nitrogen and oxygen atoms in total. The molecule has 0 aliphatic carbocycles. The largest absolute Gasteiger partial charge is 0.494 e. The van der Waals surface area contributed by atoms with E-state index in [1.807, 2.05) is 45.9 Å². The lowest BCUT2D eigenvalue weighted by atomic mass is 10.1. The molecule has 26 heavy (non-hydrogen) atoms. The first kappa shape index (κ1) is 25.8. The third kappa shape index (κ3) is 7.64. The Bertz CT molecular complexity index is 705. The summed E-state index contributed by atoms with van der Waals surface area (Å²) >= 11 is 0. The Morgan fingerprint density at radius 3 is 1.85 bits per heavy atom. The van der Waals surface area contributed by atoms with Gasteiger partial charge in [-0.15, -0.1) is 5.11 Å². The smallest absolute Gasteiger partial charge is 0.281 e. The molecular formula is C21H35N3O2. The molecule has 0 bridgehead atoms. The molecular weight excluding hydrogens is 326 g/mol. The SMILES string of the molecule is CC.CC.CCC.Cc1c(C)c(O)n(C)c(=O)c1N=Nc1ccccc1. The number of hydrogen-bond donors (Lipinski definition) is 1. The molecule has 0 spiro atoms. The fraction of sp³-hybridized carbons (Fsp3) is 0.476. The third-order valence-electron chi connectivity index (χ3n) is 3.10. The number of pyridine rings is 1. The molecule has 2 aromatic rings. The number of aromatic nitrogens is 1. The normalized spacial score (nSPS) is 9.27. The molecule has 0 aliphatic rings. The van der Waals surface area contributed by atoms with Gasteiger partial charge in [-0.2, -0.15) is 5.11 Å². The van der Waals surface area contributed by atoms with Crippen LogP contribution in [0.2, 0.25) is 0 Å². The van der Waals surface area contributed by atoms with Crippen LogP contribution in [0.15, 0.2) is 45.4 Å². The van der Waals surface area contributed by atoms with Crippen molar-refractivity contribution < 1.29 is 5.11 Å². The minimum atomic E-state index is -0.361. The second-order valence-electron chi connectivity index (χ2n) is 5.03. The van der Waals surface area contributed by atoms with Crippen LogP contribution in [-0.4, -0.2) is 9.67 Å². The van der Waals surface area contributed by atoms with Crippen molar-refractivity contribution in [3.63, 3.8) is 0 Å². The highest BCUT2D eigenvalue weighted by molar-refractivity contribution is 5.51. The van der Waals surface area contributed by atoms with Crippen LogP contribution in [0.25, 0.3) is 0 Å². The van der Waals surface area contributed by atoms with Crippen molar-refractivity contribution in [3.05, 3.63) is 51.8 Å². The number of benzene rings is 1. The Kier molecular flexibility index (Phi) is 14.8. The number of azo groups is 1. The third-order valence-corrected chi connectivity index (χ3v) is 3.10. The summed E-state index contributed by atoms with van der Waals surface area (Å²) in [6.07, 6.45) is 1.25. The van der Waals surface area contributed by atoms with E-state index in [0.29, 0.717) is 16.8 Å². The fourth-order valence-corrected chi connectivity index (χ4v) is 1.73. The summed E-state index contributed by atoms with van der Waals surface area (Å²) < 4.78 is 1.17. The molecule has 1 aromatic carbocycles. The maximum absolute atomic E-state index is 12.0. The molecule has 2 rings (SSSR count). The topological polar surface area (TPSA) is 67.0 Å². The van der Waals surface area contributed by atoms with Gasteiger partial charge in [0, 0.05) is 12.6 Å². The quantitative estimate of drug-likeness (QED) is 0.613. The zero-order valence-electron chi connectivity index (χ0n) is 17.8. The number of aromatic hydroxyl groups is 1. The summed E-state index contributed by atoms with van der Waals surface area (Å²) in [4.78, 5) is 12.0. The predicted octanol–water partition coefficient (Wildman–Crippen LogP) is 6.59. The van der Waals surface area contributed by atoms with E-state index in [2.05, 4.69) is 24.1 Å². The van der Waals surface area contributed by atoms with Crippen molar-refractivity contribution in [1.82, 2.24) is 4.57 Å². The van der Waals surface area contributed by atoms with Gasteiger partial charge in [-0.25, -0.2) is 0 Å². The minimum Gasteiger partial charge on any atom is -0.494 e. The molecule has 0 fully saturated rings. The summed E-state index contributed by atoms with van der Waals surface area (Å²) in [6, 6.07) is 9.18. The van der Waals surface area contributed by atoms with Crippen molar-refractivity contribution in [2.75, 3.05) is 0 Å². The molecule has 0 aliphatic heterocycles. The highest BCUT2D eigenvalue weighted by Crippen LogP contribution is 2.25. The summed E-state index contributed by atoms with van der Waals surface area (Å²) in [5.74, 6) is -0.0406. The average molecular weight is 362 g/mol. The van der Waals surface area contributed by atoms with E-state index in [4.69, 9.17) is 0 Å². The molecule has 1 heterocycles. The molecule has 0 atom stereocenters. The van der Waals surface area contributed by atoms with Crippen LogP contribution in [0, 0.1) is 13.8 Å². The van der Waals surface area contributed by atoms with Gasteiger partial charge in [-0.3, -0.25) is 9.36 Å². The van der Waals surface area contributed by atoms with E-state index in [-0.39, 0.29) is 17.1 Å². The summed E-state index contributed by atoms with van der Waals surface area (Å²) in [5.41, 5.74) is 1.83. The van der Waals surface area contributed by atoms with Crippen molar-refractivity contribution in [2.24, 2.45) is 17.3 Å². The Morgan fingerprint density at radius 1 is 0.923 bits per heavy atom. The molecule has 146 valence electrons. The van der Waals surface area contributed by atoms with Crippen LogP contribution in [0.5, 0.6) is 5.88 Å². The predicted molar refractivity (Wildman–Crippen MR) is 112 cm³/mol. The summed E-state index contributed by atoms with van der Waals surface area (Å²) in [5, 5.41) is 17.8. The van der Waals surface area contributed by atoms with E-state index in [1.165, 1.54) is 18.0 Å². The first-order valence-corrected chi connectivity index (χ1v) is 9.29. The molecule has 1 aromatic heterocycles. The molecule has 0 amide bonds. The van der Waals surface area contributed by atoms with Crippen LogP contribution < -0.4 is 5.56 Å². The Labute approximate surface area is 158 Å². The molecule has 5 heteroatoms. The second-order valence-corrected chi connectivity index (χ2v) is 5.03. The van der Waals surface area contributed by atoms with Crippen LogP contribution in [0.3, 0.4) is 0 Å². The van der Waals surface area contributed by atoms with Gasteiger partial charge in [0.1, 0.15) is 0 Å². The minimum absolute atomic E-state index is 0.0406. The first-order valence-electron chi connectivity index (χ1n) is 9.29. The highest BCUT2D eigenvalue weighted by atomic mass is 16.3. The van der Waals surface area contributed by atoms with Crippen LogP contribution in [0.4, 0.5) is 11.4 Å². The van der Waals surface area contributed by atoms with Crippen molar-refractivity contribution in [1.29, 1.82) is 0 Å². The lowest BCUT2D eigenvalue weighted by Crippen LogP contribution is -2.18. The number of hydrogen-bond acceptors (Lipinski definition) is 4. The first-order chi connectivity index (χ1) is 12.4. The van der Waals surface area contributed by atoms with E-state index in [0.717, 1.165) is 0 Å². The zero-order chi connectivity index (χ0) is 20.7. The highest BCUT2D eigenvalue weighted by Gasteiger charge is 2.13. The summed E-state index contributed by atoms with van der Waals surface area (Å²) in [7, 11) is 1.51. The lowest BCUT2D eigenvalue weighted by Gasteiger charge is -2.09. The van der Waals surface area contributed by atoms with Gasteiger partial charge in [0.2, 0.25) is 0 Å². The molecule has 1 N–H and O–H groups in total. The number of nitrogens with zero attached hydrogens (tertiary/aromatic N) is 3. The maximum Gasteiger partial charge on any atom is 0.281 e. The van der Waals surface area contributed by atoms with Crippen LogP contribution in [0.1, 0.15) is 59.1 Å². The van der Waals surface area contributed by atoms with Gasteiger partial charge in [-0.05, 0) is 31.5 Å². The van der Waals surface area contributed by atoms with Gasteiger partial charge in [0.25, 0.3) is 5.56 Å². The molecule has 0 saturated carbocycles. The van der Waals surface area contributed by atoms with E-state index < -0.39 is 0 Å². The number of rotatable bonds is 2. The average Bonchev–Trinajstić information content (AvgIpc) is 2.69. The fourth-order valence-electron chi connectivity index (χ4n) is 1.73. The maximum atomic E-state index is 12.0. The van der Waals surface area contributed by atoms with Crippen molar-refractivity contribution in [3.8, 4) is 5.88 Å². The van der Waals surface area contributed by atoms with Gasteiger partial charge in [0.05, 0.1) is 5.69 Å². The van der Waals surface area contributed by atoms with Crippen LogP contribution >= 0.6 is 0 Å². The van der Waals surface area contributed by atoms with Crippen molar-refractivity contribution in [2.45, 2.75) is 61.8 Å². The Hall–Kier alpha value is -2.43. The summed E-state index contributed by atoms with van der Waals surface area (Å²) in [6.45, 7) is 15.7. The van der Waals surface area contributed by atoms with E-state index in [9.17, 15) is 9.90 Å². The molecule has 0 unspecified atom stereocenters. The zero-order valence-corrected chi connectivity index (χ0v) is 17.8. The molecule has 0 radical (unpaired) electrons. The molecule has 0 saturated heterocycles. The van der Waals surface area contributed by atoms with Gasteiger partial charge < -0.3 is 5.11 Å². The standard InChI is InChI=1S/C14H15N3O2.C3H8.2C2H6/c1-9-10(2)13(18)17(3)14(19)12(9)16-15-11-7-5-4-6-8-11;1-3-2;2*1-2/h4-8,18H,1-3H3;3H2,1-2H3;2*1-2H3. The van der Waals surface area contributed by atoms with Gasteiger partial charge in [-0.1, -0.05) is 66.2 Å². The van der Waals surface area contributed by atoms with E-state index >= 15 is 0 Å². The van der Waals surface area contributed by atoms with Crippen molar-refractivity contribution >= 4 is 11.4 Å². The second kappa shape index (κ2) is 14.9. The van der Waals surface area contributed by atoms with Gasteiger partial charge in [0.15, 0.2) is 11.6 Å². The lowest BCUT2D eigenvalue weighted by molar-refractivity contribution is 0.418. The Morgan fingerprint density at radius 2 is 1.38 bits per heavy atom. The monoisotopic (exact) mass is 361 g/mol. The van der Waals surface area contributed by atoms with Crippen LogP contribution in [-0.2, 0) is 7.05 Å². The van der Waals surface area contributed by atoms with E-state index in [1.54, 1.807) is 26.0 Å². The van der Waals surface area contributed by atoms with Gasteiger partial charge >= 0.3 is 0 Å².